The Hall–Kier alpha value is -2.45. The lowest BCUT2D eigenvalue weighted by Gasteiger charge is -2.44. The van der Waals surface area contributed by atoms with Crippen LogP contribution in [0.5, 0.6) is 11.5 Å². The third kappa shape index (κ3) is 6.52. The van der Waals surface area contributed by atoms with E-state index in [9.17, 15) is 15.0 Å². The Labute approximate surface area is 220 Å². The van der Waals surface area contributed by atoms with Crippen LogP contribution >= 0.6 is 0 Å². The monoisotopic (exact) mass is 510 g/mol. The second kappa shape index (κ2) is 12.4. The van der Waals surface area contributed by atoms with Crippen molar-refractivity contribution < 1.29 is 24.5 Å². The van der Waals surface area contributed by atoms with Crippen molar-refractivity contribution in [3.8, 4) is 11.5 Å². The van der Waals surface area contributed by atoms with Crippen LogP contribution in [0.3, 0.4) is 0 Å². The Morgan fingerprint density at radius 1 is 1.16 bits per heavy atom. The van der Waals surface area contributed by atoms with E-state index in [0.717, 1.165) is 42.6 Å². The van der Waals surface area contributed by atoms with Crippen molar-refractivity contribution >= 4 is 5.91 Å². The van der Waals surface area contributed by atoms with Crippen molar-refractivity contribution in [1.82, 2.24) is 4.90 Å². The Kier molecular flexibility index (Phi) is 9.24. The van der Waals surface area contributed by atoms with Gasteiger partial charge in [0, 0.05) is 50.2 Å². The summed E-state index contributed by atoms with van der Waals surface area (Å²) in [5, 5.41) is 22.5. The molecule has 1 aliphatic carbocycles. The number of unbranched alkanes of at least 4 members (excludes halogenated alkanes) is 1. The van der Waals surface area contributed by atoms with Gasteiger partial charge < -0.3 is 30.3 Å². The number of para-hydroxylation sites is 1. The topological polar surface area (TPSA) is 105 Å². The van der Waals surface area contributed by atoms with Crippen molar-refractivity contribution in [3.05, 3.63) is 59.7 Å². The average Bonchev–Trinajstić information content (AvgIpc) is 3.24. The summed E-state index contributed by atoms with van der Waals surface area (Å²) >= 11 is 0. The molecule has 0 radical (unpaired) electrons. The fraction of sp³-hybridized carbons (Fsp3) is 0.567. The number of likely N-dealkylation sites (tertiary alicyclic amines) is 1. The zero-order valence-corrected chi connectivity index (χ0v) is 22.1. The lowest BCUT2D eigenvalue weighted by molar-refractivity contribution is -0.141. The van der Waals surface area contributed by atoms with Gasteiger partial charge in [-0.05, 0) is 75.6 Å². The highest BCUT2D eigenvalue weighted by molar-refractivity contribution is 5.79. The Bertz CT molecular complexity index is 1040. The molecule has 2 aliphatic rings. The number of aliphatic hydroxyl groups excluding tert-OH is 1. The molecule has 2 fully saturated rings. The number of hydrogen-bond acceptors (Lipinski definition) is 6. The SMILES string of the molecule is COCCCC[C@@](O)(c1ccccc1Oc1cccc(C)c1)[C@@H]1CCCN(C(=O)[C@H]2C[C@@H](N)[C@@H](O)C2)C1. The fourth-order valence-electron chi connectivity index (χ4n) is 5.99. The highest BCUT2D eigenvalue weighted by Gasteiger charge is 2.44. The number of carbonyl (C=O) groups is 1. The van der Waals surface area contributed by atoms with Gasteiger partial charge in [0.1, 0.15) is 11.5 Å². The van der Waals surface area contributed by atoms with E-state index in [1.54, 1.807) is 7.11 Å². The molecule has 2 aromatic carbocycles. The Morgan fingerprint density at radius 2 is 1.97 bits per heavy atom. The number of carbonyl (C=O) groups excluding carboxylic acids is 1. The molecule has 7 heteroatoms. The molecule has 37 heavy (non-hydrogen) atoms. The molecule has 0 unspecified atom stereocenters. The number of aryl methyl sites for hydroxylation is 1. The van der Waals surface area contributed by atoms with Gasteiger partial charge in [0.2, 0.25) is 5.91 Å². The molecule has 4 rings (SSSR count). The predicted molar refractivity (Wildman–Crippen MR) is 143 cm³/mol. The van der Waals surface area contributed by atoms with Crippen molar-refractivity contribution in [2.45, 2.75) is 69.6 Å². The molecule has 1 saturated carbocycles. The molecule has 7 nitrogen and oxygen atoms in total. The molecule has 202 valence electrons. The second-order valence-electron chi connectivity index (χ2n) is 10.8. The van der Waals surface area contributed by atoms with Gasteiger partial charge in [0.05, 0.1) is 11.7 Å². The van der Waals surface area contributed by atoms with Crippen molar-refractivity contribution in [2.24, 2.45) is 17.6 Å². The fourth-order valence-corrected chi connectivity index (χ4v) is 5.99. The van der Waals surface area contributed by atoms with E-state index < -0.39 is 11.7 Å². The predicted octanol–water partition coefficient (Wildman–Crippen LogP) is 4.13. The number of nitrogens with zero attached hydrogens (tertiary/aromatic N) is 1. The minimum atomic E-state index is -1.17. The summed E-state index contributed by atoms with van der Waals surface area (Å²) in [7, 11) is 1.69. The number of methoxy groups -OCH3 is 1. The molecule has 4 N–H and O–H groups in total. The maximum absolute atomic E-state index is 13.4. The maximum atomic E-state index is 13.4. The smallest absolute Gasteiger partial charge is 0.225 e. The van der Waals surface area contributed by atoms with E-state index in [-0.39, 0.29) is 23.8 Å². The van der Waals surface area contributed by atoms with E-state index >= 15 is 0 Å². The summed E-state index contributed by atoms with van der Waals surface area (Å²) in [5.74, 6) is 1.01. The Morgan fingerprint density at radius 3 is 2.70 bits per heavy atom. The third-order valence-corrected chi connectivity index (χ3v) is 8.06. The van der Waals surface area contributed by atoms with Gasteiger partial charge in [-0.2, -0.15) is 0 Å². The average molecular weight is 511 g/mol. The maximum Gasteiger partial charge on any atom is 0.225 e. The van der Waals surface area contributed by atoms with Gasteiger partial charge in [-0.15, -0.1) is 0 Å². The minimum absolute atomic E-state index is 0.0442. The van der Waals surface area contributed by atoms with Gasteiger partial charge in [-0.25, -0.2) is 0 Å². The molecule has 1 saturated heterocycles. The summed E-state index contributed by atoms with van der Waals surface area (Å²) in [4.78, 5) is 15.3. The molecule has 2 aromatic rings. The van der Waals surface area contributed by atoms with Crippen LogP contribution in [-0.4, -0.2) is 60.0 Å². The molecule has 0 spiro atoms. The van der Waals surface area contributed by atoms with Crippen LogP contribution in [0.15, 0.2) is 48.5 Å². The van der Waals surface area contributed by atoms with Crippen molar-refractivity contribution in [2.75, 3.05) is 26.8 Å². The number of rotatable bonds is 10. The molecule has 1 heterocycles. The van der Waals surface area contributed by atoms with Crippen LogP contribution in [0.4, 0.5) is 0 Å². The highest BCUT2D eigenvalue weighted by Crippen LogP contribution is 2.44. The molecular weight excluding hydrogens is 468 g/mol. The zero-order valence-electron chi connectivity index (χ0n) is 22.1. The highest BCUT2D eigenvalue weighted by atomic mass is 16.5. The molecular formula is C30H42N2O5. The lowest BCUT2D eigenvalue weighted by atomic mass is 9.73. The summed E-state index contributed by atoms with van der Waals surface area (Å²) in [6.07, 6.45) is 4.10. The van der Waals surface area contributed by atoms with Gasteiger partial charge >= 0.3 is 0 Å². The second-order valence-corrected chi connectivity index (χ2v) is 10.8. The number of piperidine rings is 1. The first-order valence-corrected chi connectivity index (χ1v) is 13.6. The Balaban J connectivity index is 1.60. The van der Waals surface area contributed by atoms with Crippen LogP contribution in [0.25, 0.3) is 0 Å². The van der Waals surface area contributed by atoms with Crippen LogP contribution in [-0.2, 0) is 15.1 Å². The third-order valence-electron chi connectivity index (χ3n) is 8.06. The molecule has 0 aromatic heterocycles. The number of hydrogen-bond donors (Lipinski definition) is 3. The van der Waals surface area contributed by atoms with Crippen LogP contribution in [0.2, 0.25) is 0 Å². The molecule has 5 atom stereocenters. The quantitative estimate of drug-likeness (QED) is 0.415. The normalized spacial score (nSPS) is 25.6. The number of nitrogens with two attached hydrogens (primary N) is 1. The van der Waals surface area contributed by atoms with E-state index in [4.69, 9.17) is 15.2 Å². The first-order chi connectivity index (χ1) is 17.8. The lowest BCUT2D eigenvalue weighted by Crippen LogP contribution is -2.49. The standard InChI is InChI=1S/C30H42N2O5/c1-21-9-7-11-24(17-21)37-28-13-4-3-12-25(28)30(35,14-5-6-16-36-2)23-10-8-15-32(20-23)29(34)22-18-26(31)27(33)19-22/h3-4,7,9,11-13,17,22-23,26-27,33,35H,5-6,8,10,14-16,18-20,31H2,1-2H3/t22-,23+,26+,27-,30-/m0/s1. The van der Waals surface area contributed by atoms with E-state index in [2.05, 4.69) is 0 Å². The summed E-state index contributed by atoms with van der Waals surface area (Å²) in [5.41, 5.74) is 6.68. The largest absolute Gasteiger partial charge is 0.457 e. The van der Waals surface area contributed by atoms with E-state index in [0.29, 0.717) is 44.7 Å². The van der Waals surface area contributed by atoms with E-state index in [1.807, 2.05) is 60.4 Å². The summed E-state index contributed by atoms with van der Waals surface area (Å²) < 4.78 is 11.6. The molecule has 0 bridgehead atoms. The van der Waals surface area contributed by atoms with Crippen LogP contribution < -0.4 is 10.5 Å². The van der Waals surface area contributed by atoms with Crippen molar-refractivity contribution in [3.63, 3.8) is 0 Å². The zero-order chi connectivity index (χ0) is 26.4. The van der Waals surface area contributed by atoms with Gasteiger partial charge in [-0.1, -0.05) is 30.3 Å². The van der Waals surface area contributed by atoms with E-state index in [1.165, 1.54) is 0 Å². The summed E-state index contributed by atoms with van der Waals surface area (Å²) in [6, 6.07) is 15.3. The first-order valence-electron chi connectivity index (χ1n) is 13.6. The van der Waals surface area contributed by atoms with Crippen LogP contribution in [0, 0.1) is 18.8 Å². The first kappa shape index (κ1) is 27.6. The van der Waals surface area contributed by atoms with Gasteiger partial charge in [0.25, 0.3) is 0 Å². The molecule has 1 amide bonds. The number of benzene rings is 2. The van der Waals surface area contributed by atoms with Crippen LogP contribution in [0.1, 0.15) is 56.1 Å². The minimum Gasteiger partial charge on any atom is -0.457 e. The molecule has 1 aliphatic heterocycles. The summed E-state index contributed by atoms with van der Waals surface area (Å²) in [6.45, 7) is 3.80. The van der Waals surface area contributed by atoms with Crippen molar-refractivity contribution in [1.29, 1.82) is 0 Å². The van der Waals surface area contributed by atoms with Gasteiger partial charge in [0.15, 0.2) is 0 Å². The number of amides is 1. The number of ether oxygens (including phenoxy) is 2. The number of aliphatic hydroxyl groups is 2. The van der Waals surface area contributed by atoms with Gasteiger partial charge in [-0.3, -0.25) is 4.79 Å².